The summed E-state index contributed by atoms with van der Waals surface area (Å²) < 4.78 is 0. The van der Waals surface area contributed by atoms with E-state index in [-0.39, 0.29) is 18.6 Å². The van der Waals surface area contributed by atoms with Crippen molar-refractivity contribution in [2.45, 2.75) is 20.8 Å². The van der Waals surface area contributed by atoms with Gasteiger partial charge in [-0.15, -0.1) is 0 Å². The Morgan fingerprint density at radius 1 is 1.10 bits per heavy atom. The summed E-state index contributed by atoms with van der Waals surface area (Å²) in [6.07, 6.45) is 2.03. The third-order valence-corrected chi connectivity index (χ3v) is 1.14. The SMILES string of the molecule is C=C(C)/C=C(/C)C(=C)C.[V]. The molecule has 0 spiro atoms. The van der Waals surface area contributed by atoms with Crippen LogP contribution < -0.4 is 0 Å². The molecule has 0 heterocycles. The Morgan fingerprint density at radius 3 is 1.60 bits per heavy atom. The number of hydrogen-bond acceptors (Lipinski definition) is 0. The van der Waals surface area contributed by atoms with Crippen molar-refractivity contribution in [3.8, 4) is 0 Å². The van der Waals surface area contributed by atoms with Crippen molar-refractivity contribution >= 4 is 0 Å². The minimum Gasteiger partial charge on any atom is -0.0961 e. The van der Waals surface area contributed by atoms with E-state index in [4.69, 9.17) is 0 Å². The minimum absolute atomic E-state index is 0. The second-order valence-corrected chi connectivity index (χ2v) is 2.45. The molecule has 0 amide bonds. The van der Waals surface area contributed by atoms with Crippen LogP contribution in [0.4, 0.5) is 0 Å². The Morgan fingerprint density at radius 2 is 1.50 bits per heavy atom. The maximum Gasteiger partial charge on any atom is 0 e. The maximum atomic E-state index is 3.80. The summed E-state index contributed by atoms with van der Waals surface area (Å²) in [5, 5.41) is 0. The van der Waals surface area contributed by atoms with Crippen molar-refractivity contribution in [3.05, 3.63) is 36.0 Å². The second kappa shape index (κ2) is 5.58. The molecule has 0 aliphatic carbocycles. The van der Waals surface area contributed by atoms with Crippen LogP contribution in [0.5, 0.6) is 0 Å². The number of allylic oxidation sites excluding steroid dienone is 4. The normalized spacial score (nSPS) is 10.1. The second-order valence-electron chi connectivity index (χ2n) is 2.45. The first-order chi connectivity index (χ1) is 4.04. The zero-order chi connectivity index (χ0) is 7.44. The van der Waals surface area contributed by atoms with Crippen LogP contribution >= 0.6 is 0 Å². The molecule has 1 heteroatoms. The zero-order valence-corrected chi connectivity index (χ0v) is 8.34. The van der Waals surface area contributed by atoms with Crippen LogP contribution in [-0.2, 0) is 18.6 Å². The van der Waals surface area contributed by atoms with Gasteiger partial charge in [0.15, 0.2) is 0 Å². The molecule has 0 aromatic heterocycles. The van der Waals surface area contributed by atoms with Gasteiger partial charge in [-0.2, -0.15) is 0 Å². The van der Waals surface area contributed by atoms with Crippen molar-refractivity contribution in [1.29, 1.82) is 0 Å². The average molecular weight is 173 g/mol. The Bertz CT molecular complexity index is 164. The fourth-order valence-electron chi connectivity index (χ4n) is 0.493. The summed E-state index contributed by atoms with van der Waals surface area (Å²) in [7, 11) is 0. The Hall–Kier alpha value is -0.196. The van der Waals surface area contributed by atoms with Gasteiger partial charge >= 0.3 is 0 Å². The number of rotatable bonds is 2. The summed E-state index contributed by atoms with van der Waals surface area (Å²) in [4.78, 5) is 0. The van der Waals surface area contributed by atoms with Crippen molar-refractivity contribution in [1.82, 2.24) is 0 Å². The summed E-state index contributed by atoms with van der Waals surface area (Å²) in [6.45, 7) is 13.6. The van der Waals surface area contributed by atoms with Gasteiger partial charge in [0.25, 0.3) is 0 Å². The Kier molecular flexibility index (Phi) is 6.96. The van der Waals surface area contributed by atoms with E-state index in [1.165, 1.54) is 5.57 Å². The maximum absolute atomic E-state index is 3.80. The topological polar surface area (TPSA) is 0 Å². The van der Waals surface area contributed by atoms with Gasteiger partial charge in [-0.05, 0) is 26.3 Å². The van der Waals surface area contributed by atoms with Crippen LogP contribution in [0.1, 0.15) is 20.8 Å². The third-order valence-electron chi connectivity index (χ3n) is 1.14. The molecule has 0 aromatic rings. The molecule has 0 aromatic carbocycles. The van der Waals surface area contributed by atoms with Gasteiger partial charge in [0.1, 0.15) is 0 Å². The van der Waals surface area contributed by atoms with Crippen molar-refractivity contribution < 1.29 is 18.6 Å². The summed E-state index contributed by atoms with van der Waals surface area (Å²) >= 11 is 0. The predicted molar refractivity (Wildman–Crippen MR) is 43.4 cm³/mol. The summed E-state index contributed by atoms with van der Waals surface area (Å²) in [5.41, 5.74) is 3.40. The number of hydrogen-bond donors (Lipinski definition) is 0. The smallest absolute Gasteiger partial charge is 0 e. The molecule has 0 unspecified atom stereocenters. The molecule has 0 bridgehead atoms. The molecule has 0 rings (SSSR count). The van der Waals surface area contributed by atoms with Gasteiger partial charge in [-0.3, -0.25) is 0 Å². The van der Waals surface area contributed by atoms with Gasteiger partial charge < -0.3 is 0 Å². The predicted octanol–water partition coefficient (Wildman–Crippen LogP) is 3.08. The molecular formula is C9H14V. The van der Waals surface area contributed by atoms with Gasteiger partial charge in [-0.25, -0.2) is 0 Å². The first-order valence-corrected chi connectivity index (χ1v) is 3.03. The quantitative estimate of drug-likeness (QED) is 0.563. The van der Waals surface area contributed by atoms with E-state index < -0.39 is 0 Å². The van der Waals surface area contributed by atoms with Crippen molar-refractivity contribution in [2.75, 3.05) is 0 Å². The molecule has 1 radical (unpaired) electrons. The average Bonchev–Trinajstić information content (AvgIpc) is 1.63. The van der Waals surface area contributed by atoms with Gasteiger partial charge in [0, 0.05) is 18.6 Å². The molecule has 0 nitrogen and oxygen atoms in total. The van der Waals surface area contributed by atoms with E-state index in [2.05, 4.69) is 13.2 Å². The van der Waals surface area contributed by atoms with Crippen LogP contribution in [0, 0.1) is 0 Å². The van der Waals surface area contributed by atoms with Crippen molar-refractivity contribution in [2.24, 2.45) is 0 Å². The molecule has 0 aliphatic heterocycles. The zero-order valence-electron chi connectivity index (χ0n) is 6.94. The molecule has 10 heavy (non-hydrogen) atoms. The van der Waals surface area contributed by atoms with E-state index in [0.717, 1.165) is 11.1 Å². The molecule has 0 fully saturated rings. The molecule has 0 saturated heterocycles. The van der Waals surface area contributed by atoms with Gasteiger partial charge in [-0.1, -0.05) is 30.4 Å². The van der Waals surface area contributed by atoms with E-state index in [9.17, 15) is 0 Å². The van der Waals surface area contributed by atoms with E-state index in [1.54, 1.807) is 0 Å². The molecule has 0 aliphatic rings. The minimum atomic E-state index is 0. The van der Waals surface area contributed by atoms with Crippen LogP contribution in [0.15, 0.2) is 36.0 Å². The van der Waals surface area contributed by atoms with Crippen molar-refractivity contribution in [3.63, 3.8) is 0 Å². The third kappa shape index (κ3) is 5.93. The molecule has 0 atom stereocenters. The molecule has 0 saturated carbocycles. The summed E-state index contributed by atoms with van der Waals surface area (Å²) in [5.74, 6) is 0. The monoisotopic (exact) mass is 173 g/mol. The Labute approximate surface area is 75.6 Å². The molecule has 55 valence electrons. The van der Waals surface area contributed by atoms with Gasteiger partial charge in [0.2, 0.25) is 0 Å². The standard InChI is InChI=1S/C9H14.V/c1-7(2)6-9(5)8(3)4;/h6H,1,3H2,2,4-5H3;/b9-6-;. The van der Waals surface area contributed by atoms with Crippen LogP contribution in [-0.4, -0.2) is 0 Å². The van der Waals surface area contributed by atoms with Crippen LogP contribution in [0.2, 0.25) is 0 Å². The van der Waals surface area contributed by atoms with Crippen LogP contribution in [0.25, 0.3) is 0 Å². The van der Waals surface area contributed by atoms with E-state index in [1.807, 2.05) is 26.8 Å². The summed E-state index contributed by atoms with van der Waals surface area (Å²) in [6, 6.07) is 0. The Balaban J connectivity index is 0. The van der Waals surface area contributed by atoms with E-state index >= 15 is 0 Å². The van der Waals surface area contributed by atoms with E-state index in [0.29, 0.717) is 0 Å². The van der Waals surface area contributed by atoms with Gasteiger partial charge in [0.05, 0.1) is 0 Å². The first-order valence-electron chi connectivity index (χ1n) is 3.03. The molecular weight excluding hydrogens is 159 g/mol. The fraction of sp³-hybridized carbons (Fsp3) is 0.333. The first kappa shape index (κ1) is 12.5. The molecule has 0 N–H and O–H groups in total. The fourth-order valence-corrected chi connectivity index (χ4v) is 0.493. The van der Waals surface area contributed by atoms with Crippen LogP contribution in [0.3, 0.4) is 0 Å². The largest absolute Gasteiger partial charge is 0.0961 e.